The number of hydrogen-bond acceptors (Lipinski definition) is 2. The molecule has 0 aliphatic rings. The average Bonchev–Trinajstić information content (AvgIpc) is 2.63. The van der Waals surface area contributed by atoms with Gasteiger partial charge in [-0.25, -0.2) is 4.98 Å². The van der Waals surface area contributed by atoms with Crippen LogP contribution in [0.2, 0.25) is 5.02 Å². The van der Waals surface area contributed by atoms with Crippen LogP contribution in [0.25, 0.3) is 11.0 Å². The van der Waals surface area contributed by atoms with Gasteiger partial charge in [0.15, 0.2) is 0 Å². The summed E-state index contributed by atoms with van der Waals surface area (Å²) in [5.41, 5.74) is 3.19. The molecule has 0 unspecified atom stereocenters. The largest absolute Gasteiger partial charge is 0.324 e. The van der Waals surface area contributed by atoms with Crippen LogP contribution in [0.1, 0.15) is 12.7 Å². The van der Waals surface area contributed by atoms with Gasteiger partial charge in [-0.2, -0.15) is 0 Å². The topological polar surface area (TPSA) is 29.9 Å². The second-order valence-electron chi connectivity index (χ2n) is 4.56. The SMILES string of the molecule is C=C(C)Cn1c(CCNC)nc2cc(Cl)ccc21. The third kappa shape index (κ3) is 2.74. The van der Waals surface area contributed by atoms with E-state index in [-0.39, 0.29) is 0 Å². The Bertz CT molecular complexity index is 572. The third-order valence-electron chi connectivity index (χ3n) is 2.82. The summed E-state index contributed by atoms with van der Waals surface area (Å²) in [7, 11) is 1.95. The molecule has 18 heavy (non-hydrogen) atoms. The normalized spacial score (nSPS) is 11.1. The molecule has 0 aliphatic carbocycles. The Morgan fingerprint density at radius 1 is 1.50 bits per heavy atom. The van der Waals surface area contributed by atoms with E-state index in [1.165, 1.54) is 0 Å². The van der Waals surface area contributed by atoms with Crippen molar-refractivity contribution in [2.75, 3.05) is 13.6 Å². The van der Waals surface area contributed by atoms with Crippen molar-refractivity contribution in [1.82, 2.24) is 14.9 Å². The molecule has 4 heteroatoms. The van der Waals surface area contributed by atoms with Crippen LogP contribution in [-0.4, -0.2) is 23.1 Å². The van der Waals surface area contributed by atoms with Crippen LogP contribution in [0.4, 0.5) is 0 Å². The molecule has 1 aromatic carbocycles. The fraction of sp³-hybridized carbons (Fsp3) is 0.357. The molecule has 0 bridgehead atoms. The molecule has 2 rings (SSSR count). The minimum Gasteiger partial charge on any atom is -0.324 e. The Balaban J connectivity index is 2.49. The number of nitrogens with one attached hydrogen (secondary N) is 1. The number of hydrogen-bond donors (Lipinski definition) is 1. The molecule has 0 aliphatic heterocycles. The zero-order chi connectivity index (χ0) is 13.1. The fourth-order valence-corrected chi connectivity index (χ4v) is 2.19. The maximum atomic E-state index is 6.01. The highest BCUT2D eigenvalue weighted by Gasteiger charge is 2.10. The lowest BCUT2D eigenvalue weighted by Gasteiger charge is -2.08. The lowest BCUT2D eigenvalue weighted by molar-refractivity contribution is 0.692. The third-order valence-corrected chi connectivity index (χ3v) is 3.05. The van der Waals surface area contributed by atoms with Gasteiger partial charge in [-0.1, -0.05) is 23.8 Å². The van der Waals surface area contributed by atoms with E-state index >= 15 is 0 Å². The standard InChI is InChI=1S/C14H18ClN3/c1-10(2)9-18-13-5-4-11(15)8-12(13)17-14(18)6-7-16-3/h4-5,8,16H,1,6-7,9H2,2-3H3. The van der Waals surface area contributed by atoms with Gasteiger partial charge >= 0.3 is 0 Å². The Morgan fingerprint density at radius 3 is 2.94 bits per heavy atom. The quantitative estimate of drug-likeness (QED) is 0.841. The van der Waals surface area contributed by atoms with E-state index in [0.29, 0.717) is 0 Å². The highest BCUT2D eigenvalue weighted by Crippen LogP contribution is 2.21. The summed E-state index contributed by atoms with van der Waals surface area (Å²) in [6.45, 7) is 7.73. The van der Waals surface area contributed by atoms with Gasteiger partial charge in [0.2, 0.25) is 0 Å². The average molecular weight is 264 g/mol. The minimum absolute atomic E-state index is 0.725. The predicted octanol–water partition coefficient (Wildman–Crippen LogP) is 3.03. The lowest BCUT2D eigenvalue weighted by atomic mass is 10.3. The van der Waals surface area contributed by atoms with Gasteiger partial charge in [-0.15, -0.1) is 0 Å². The van der Waals surface area contributed by atoms with E-state index in [2.05, 4.69) is 21.4 Å². The first-order chi connectivity index (χ1) is 8.61. The first kappa shape index (κ1) is 13.1. The molecule has 1 heterocycles. The zero-order valence-electron chi connectivity index (χ0n) is 10.8. The number of rotatable bonds is 5. The highest BCUT2D eigenvalue weighted by molar-refractivity contribution is 6.31. The van der Waals surface area contributed by atoms with Crippen molar-refractivity contribution in [3.8, 4) is 0 Å². The molecule has 0 radical (unpaired) electrons. The molecule has 96 valence electrons. The molecule has 1 aromatic heterocycles. The van der Waals surface area contributed by atoms with Crippen LogP contribution in [0, 0.1) is 0 Å². The van der Waals surface area contributed by atoms with Crippen LogP contribution in [0.15, 0.2) is 30.4 Å². The molecule has 0 spiro atoms. The van der Waals surface area contributed by atoms with Crippen LogP contribution in [0.5, 0.6) is 0 Å². The van der Waals surface area contributed by atoms with Gasteiger partial charge in [0.05, 0.1) is 11.0 Å². The number of fused-ring (bicyclic) bond motifs is 1. The zero-order valence-corrected chi connectivity index (χ0v) is 11.6. The molecule has 0 saturated carbocycles. The number of imidazole rings is 1. The van der Waals surface area contributed by atoms with Crippen molar-refractivity contribution >= 4 is 22.6 Å². The Kier molecular flexibility index (Phi) is 4.04. The van der Waals surface area contributed by atoms with Crippen molar-refractivity contribution < 1.29 is 0 Å². The fourth-order valence-electron chi connectivity index (χ4n) is 2.03. The van der Waals surface area contributed by atoms with E-state index in [4.69, 9.17) is 11.6 Å². The number of halogens is 1. The van der Waals surface area contributed by atoms with E-state index in [1.54, 1.807) is 0 Å². The highest BCUT2D eigenvalue weighted by atomic mass is 35.5. The lowest BCUT2D eigenvalue weighted by Crippen LogP contribution is -2.14. The first-order valence-corrected chi connectivity index (χ1v) is 6.43. The van der Waals surface area contributed by atoms with Crippen LogP contribution < -0.4 is 5.32 Å². The monoisotopic (exact) mass is 263 g/mol. The minimum atomic E-state index is 0.725. The molecule has 1 N–H and O–H groups in total. The summed E-state index contributed by atoms with van der Waals surface area (Å²) < 4.78 is 2.21. The second kappa shape index (κ2) is 5.55. The van der Waals surface area contributed by atoms with Crippen LogP contribution in [0.3, 0.4) is 0 Å². The molecule has 2 aromatic rings. The van der Waals surface area contributed by atoms with Gasteiger partial charge in [-0.05, 0) is 32.2 Å². The van der Waals surface area contributed by atoms with Crippen molar-refractivity contribution in [1.29, 1.82) is 0 Å². The number of nitrogens with zero attached hydrogens (tertiary/aromatic N) is 2. The summed E-state index contributed by atoms with van der Waals surface area (Å²) in [5.74, 6) is 1.07. The molecular weight excluding hydrogens is 246 g/mol. The molecule has 0 saturated heterocycles. The number of allylic oxidation sites excluding steroid dienone is 1. The summed E-state index contributed by atoms with van der Waals surface area (Å²) in [4.78, 5) is 4.66. The maximum Gasteiger partial charge on any atom is 0.111 e. The smallest absolute Gasteiger partial charge is 0.111 e. The van der Waals surface area contributed by atoms with E-state index in [1.807, 2.05) is 32.2 Å². The predicted molar refractivity (Wildman–Crippen MR) is 77.2 cm³/mol. The molecule has 0 atom stereocenters. The van der Waals surface area contributed by atoms with E-state index < -0.39 is 0 Å². The second-order valence-corrected chi connectivity index (χ2v) is 4.99. The van der Waals surface area contributed by atoms with Gasteiger partial charge in [0.25, 0.3) is 0 Å². The number of aromatic nitrogens is 2. The molecular formula is C14H18ClN3. The van der Waals surface area contributed by atoms with Gasteiger partial charge < -0.3 is 9.88 Å². The first-order valence-electron chi connectivity index (χ1n) is 6.05. The maximum absolute atomic E-state index is 6.01. The molecule has 0 amide bonds. The van der Waals surface area contributed by atoms with Crippen LogP contribution in [-0.2, 0) is 13.0 Å². The summed E-state index contributed by atoms with van der Waals surface area (Å²) in [5, 5.41) is 3.88. The Hall–Kier alpha value is -1.32. The van der Waals surface area contributed by atoms with Gasteiger partial charge in [0, 0.05) is 24.5 Å². The van der Waals surface area contributed by atoms with Gasteiger partial charge in [0.1, 0.15) is 5.82 Å². The summed E-state index contributed by atoms with van der Waals surface area (Å²) >= 11 is 6.01. The Morgan fingerprint density at radius 2 is 2.28 bits per heavy atom. The molecule has 0 fully saturated rings. The molecule has 3 nitrogen and oxygen atoms in total. The van der Waals surface area contributed by atoms with Crippen LogP contribution >= 0.6 is 11.6 Å². The summed E-state index contributed by atoms with van der Waals surface area (Å²) in [6.07, 6.45) is 0.899. The van der Waals surface area contributed by atoms with Crippen molar-refractivity contribution in [2.24, 2.45) is 0 Å². The van der Waals surface area contributed by atoms with E-state index in [9.17, 15) is 0 Å². The summed E-state index contributed by atoms with van der Waals surface area (Å²) in [6, 6.07) is 5.84. The van der Waals surface area contributed by atoms with E-state index in [0.717, 1.165) is 47.0 Å². The van der Waals surface area contributed by atoms with Crippen molar-refractivity contribution in [3.05, 3.63) is 41.2 Å². The number of likely N-dealkylation sites (N-methyl/N-ethyl adjacent to an activating group) is 1. The Labute approximate surface area is 112 Å². The van der Waals surface area contributed by atoms with Crippen molar-refractivity contribution in [2.45, 2.75) is 19.9 Å². The van der Waals surface area contributed by atoms with Gasteiger partial charge in [-0.3, -0.25) is 0 Å². The van der Waals surface area contributed by atoms with Crippen molar-refractivity contribution in [3.63, 3.8) is 0 Å². The number of benzene rings is 1.